The van der Waals surface area contributed by atoms with E-state index in [1.165, 1.54) is 0 Å². The molecule has 3 atom stereocenters. The van der Waals surface area contributed by atoms with E-state index >= 15 is 0 Å². The number of aliphatic hydroxyl groups is 1. The number of fused-ring (bicyclic) bond motifs is 1. The van der Waals surface area contributed by atoms with Crippen LogP contribution in [0.15, 0.2) is 30.5 Å². The van der Waals surface area contributed by atoms with Crippen LogP contribution >= 0.6 is 0 Å². The lowest BCUT2D eigenvalue weighted by Gasteiger charge is -2.26. The van der Waals surface area contributed by atoms with E-state index < -0.39 is 12.1 Å². The molecule has 0 spiro atoms. The standard InChI is InChI=1S/C21H32N4O3/c1-5-14(4)19(25-21(28)23-13(2)3)20(27)24-16(12-26)10-15-11-22-18-9-7-6-8-17(15)18/h6-9,11,13-14,16,19,22,26H,5,10,12H2,1-4H3,(H,24,27)(H2,23,25,28)/t14?,16-,19-/m0/s1. The average molecular weight is 389 g/mol. The van der Waals surface area contributed by atoms with Crippen LogP contribution in [0.5, 0.6) is 0 Å². The Balaban J connectivity index is 2.07. The number of aromatic nitrogens is 1. The first-order valence-electron chi connectivity index (χ1n) is 9.88. The number of nitrogens with one attached hydrogen (secondary N) is 4. The Bertz CT molecular complexity index is 787. The predicted octanol–water partition coefficient (Wildman–Crippen LogP) is 2.31. The number of hydrogen-bond acceptors (Lipinski definition) is 3. The van der Waals surface area contributed by atoms with Crippen molar-refractivity contribution in [1.82, 2.24) is 20.9 Å². The topological polar surface area (TPSA) is 106 Å². The zero-order valence-corrected chi connectivity index (χ0v) is 17.1. The molecule has 2 rings (SSSR count). The number of aliphatic hydroxyl groups excluding tert-OH is 1. The van der Waals surface area contributed by atoms with Crippen LogP contribution in [0.25, 0.3) is 10.9 Å². The zero-order chi connectivity index (χ0) is 20.7. The maximum atomic E-state index is 12.9. The van der Waals surface area contributed by atoms with Crippen molar-refractivity contribution < 1.29 is 14.7 Å². The van der Waals surface area contributed by atoms with Gasteiger partial charge in [0.05, 0.1) is 12.6 Å². The van der Waals surface area contributed by atoms with Crippen LogP contribution in [0, 0.1) is 5.92 Å². The summed E-state index contributed by atoms with van der Waals surface area (Å²) in [4.78, 5) is 28.2. The Morgan fingerprint density at radius 3 is 2.46 bits per heavy atom. The highest BCUT2D eigenvalue weighted by atomic mass is 16.3. The van der Waals surface area contributed by atoms with Crippen LogP contribution in [0.4, 0.5) is 4.79 Å². The van der Waals surface area contributed by atoms with Gasteiger partial charge in [-0.05, 0) is 37.8 Å². The Morgan fingerprint density at radius 2 is 1.82 bits per heavy atom. The molecule has 28 heavy (non-hydrogen) atoms. The summed E-state index contributed by atoms with van der Waals surface area (Å²) in [5.74, 6) is -0.322. The van der Waals surface area contributed by atoms with Crippen LogP contribution in [-0.4, -0.2) is 46.8 Å². The van der Waals surface area contributed by atoms with Gasteiger partial charge in [-0.2, -0.15) is 0 Å². The van der Waals surface area contributed by atoms with Gasteiger partial charge in [-0.25, -0.2) is 4.79 Å². The summed E-state index contributed by atoms with van der Waals surface area (Å²) in [7, 11) is 0. The maximum absolute atomic E-state index is 12.9. The van der Waals surface area contributed by atoms with Gasteiger partial charge < -0.3 is 26.0 Å². The first-order valence-corrected chi connectivity index (χ1v) is 9.88. The molecule has 5 N–H and O–H groups in total. The summed E-state index contributed by atoms with van der Waals surface area (Å²) < 4.78 is 0. The fraction of sp³-hybridized carbons (Fsp3) is 0.524. The largest absolute Gasteiger partial charge is 0.394 e. The highest BCUT2D eigenvalue weighted by Crippen LogP contribution is 2.19. The first-order chi connectivity index (χ1) is 13.3. The fourth-order valence-electron chi connectivity index (χ4n) is 3.17. The number of para-hydroxylation sites is 1. The molecule has 7 heteroatoms. The van der Waals surface area contributed by atoms with Crippen LogP contribution in [0.2, 0.25) is 0 Å². The molecule has 0 saturated heterocycles. The van der Waals surface area contributed by atoms with E-state index in [-0.39, 0.29) is 30.5 Å². The lowest BCUT2D eigenvalue weighted by molar-refractivity contribution is -0.125. The van der Waals surface area contributed by atoms with Crippen molar-refractivity contribution in [1.29, 1.82) is 0 Å². The van der Waals surface area contributed by atoms with Crippen molar-refractivity contribution in [2.45, 2.75) is 58.7 Å². The van der Waals surface area contributed by atoms with E-state index in [4.69, 9.17) is 0 Å². The minimum atomic E-state index is -0.666. The van der Waals surface area contributed by atoms with E-state index in [1.54, 1.807) is 0 Å². The maximum Gasteiger partial charge on any atom is 0.315 e. The van der Waals surface area contributed by atoms with E-state index in [1.807, 2.05) is 58.2 Å². The minimum absolute atomic E-state index is 0.0206. The summed E-state index contributed by atoms with van der Waals surface area (Å²) in [6, 6.07) is 6.43. The monoisotopic (exact) mass is 388 g/mol. The number of urea groups is 1. The van der Waals surface area contributed by atoms with Crippen molar-refractivity contribution in [3.63, 3.8) is 0 Å². The second kappa shape index (κ2) is 10.1. The molecule has 0 fully saturated rings. The van der Waals surface area contributed by atoms with Crippen LogP contribution < -0.4 is 16.0 Å². The van der Waals surface area contributed by atoms with Crippen molar-refractivity contribution in [3.05, 3.63) is 36.0 Å². The second-order valence-electron chi connectivity index (χ2n) is 7.59. The number of hydrogen-bond donors (Lipinski definition) is 5. The quantitative estimate of drug-likeness (QED) is 0.455. The van der Waals surface area contributed by atoms with E-state index in [2.05, 4.69) is 20.9 Å². The summed E-state index contributed by atoms with van der Waals surface area (Å²) in [6.45, 7) is 7.44. The molecule has 3 amide bonds. The number of benzene rings is 1. The van der Waals surface area contributed by atoms with Crippen molar-refractivity contribution >= 4 is 22.8 Å². The van der Waals surface area contributed by atoms with Crippen molar-refractivity contribution in [2.24, 2.45) is 5.92 Å². The first kappa shape index (κ1) is 21.8. The summed E-state index contributed by atoms with van der Waals surface area (Å²) >= 11 is 0. The highest BCUT2D eigenvalue weighted by molar-refractivity contribution is 5.88. The molecule has 1 aromatic carbocycles. The molecule has 0 aliphatic carbocycles. The Kier molecular flexibility index (Phi) is 7.87. The molecular weight excluding hydrogens is 356 g/mol. The van der Waals surface area contributed by atoms with E-state index in [0.29, 0.717) is 6.42 Å². The third kappa shape index (κ3) is 5.73. The molecular formula is C21H32N4O3. The van der Waals surface area contributed by atoms with E-state index in [9.17, 15) is 14.7 Å². The molecule has 0 aliphatic heterocycles. The summed E-state index contributed by atoms with van der Waals surface area (Å²) in [6.07, 6.45) is 3.14. The molecule has 0 aliphatic rings. The Morgan fingerprint density at radius 1 is 1.11 bits per heavy atom. The van der Waals surface area contributed by atoms with Gasteiger partial charge in [-0.3, -0.25) is 4.79 Å². The van der Waals surface area contributed by atoms with Crippen LogP contribution in [-0.2, 0) is 11.2 Å². The summed E-state index contributed by atoms with van der Waals surface area (Å²) in [5, 5.41) is 19.3. The van der Waals surface area contributed by atoms with Gasteiger partial charge in [0.25, 0.3) is 0 Å². The van der Waals surface area contributed by atoms with Crippen molar-refractivity contribution in [2.75, 3.05) is 6.61 Å². The van der Waals surface area contributed by atoms with Gasteiger partial charge in [0, 0.05) is 23.1 Å². The van der Waals surface area contributed by atoms with Crippen molar-refractivity contribution in [3.8, 4) is 0 Å². The minimum Gasteiger partial charge on any atom is -0.394 e. The third-order valence-electron chi connectivity index (χ3n) is 4.91. The second-order valence-corrected chi connectivity index (χ2v) is 7.59. The van der Waals surface area contributed by atoms with Gasteiger partial charge in [0.2, 0.25) is 5.91 Å². The van der Waals surface area contributed by atoms with Gasteiger partial charge in [-0.15, -0.1) is 0 Å². The van der Waals surface area contributed by atoms with Crippen LogP contribution in [0.3, 0.4) is 0 Å². The number of H-pyrrole nitrogens is 1. The Labute approximate surface area is 166 Å². The molecule has 2 aromatic rings. The number of amides is 3. The SMILES string of the molecule is CCC(C)[C@H](NC(=O)NC(C)C)C(=O)N[C@H](CO)Cc1c[nH]c2ccccc12. The number of carbonyl (C=O) groups is 2. The molecule has 154 valence electrons. The number of rotatable bonds is 9. The molecule has 7 nitrogen and oxygen atoms in total. The van der Waals surface area contributed by atoms with Gasteiger partial charge in [0.15, 0.2) is 0 Å². The lowest BCUT2D eigenvalue weighted by Crippen LogP contribution is -2.56. The summed E-state index contributed by atoms with van der Waals surface area (Å²) in [5.41, 5.74) is 2.05. The normalized spacial score (nSPS) is 14.5. The molecule has 0 bridgehead atoms. The fourth-order valence-corrected chi connectivity index (χ4v) is 3.17. The highest BCUT2D eigenvalue weighted by Gasteiger charge is 2.28. The average Bonchev–Trinajstić information content (AvgIpc) is 3.07. The van der Waals surface area contributed by atoms with E-state index in [0.717, 1.165) is 22.9 Å². The number of carbonyl (C=O) groups excluding carboxylic acids is 2. The Hall–Kier alpha value is -2.54. The molecule has 1 heterocycles. The number of aromatic amines is 1. The molecule has 1 aromatic heterocycles. The smallest absolute Gasteiger partial charge is 0.315 e. The third-order valence-corrected chi connectivity index (χ3v) is 4.91. The van der Waals surface area contributed by atoms with Gasteiger partial charge >= 0.3 is 6.03 Å². The zero-order valence-electron chi connectivity index (χ0n) is 17.1. The van der Waals surface area contributed by atoms with Gasteiger partial charge in [-0.1, -0.05) is 38.5 Å². The lowest BCUT2D eigenvalue weighted by atomic mass is 9.97. The van der Waals surface area contributed by atoms with Crippen LogP contribution in [0.1, 0.15) is 39.7 Å². The predicted molar refractivity (Wildman–Crippen MR) is 111 cm³/mol. The molecule has 1 unspecified atom stereocenters. The van der Waals surface area contributed by atoms with Gasteiger partial charge in [0.1, 0.15) is 6.04 Å². The molecule has 0 radical (unpaired) electrons. The molecule has 0 saturated carbocycles.